The van der Waals surface area contributed by atoms with Crippen LogP contribution in [-0.2, 0) is 22.7 Å². The highest BCUT2D eigenvalue weighted by Crippen LogP contribution is 2.49. The van der Waals surface area contributed by atoms with E-state index in [1.807, 2.05) is 6.92 Å². The molecule has 5 unspecified atom stereocenters. The Kier molecular flexibility index (Phi) is 13.1. The molecular formula is C44H59F2N7O4S. The number of nitrogens with two attached hydrogens (primary N) is 1. The lowest BCUT2D eigenvalue weighted by Crippen LogP contribution is -2.55. The number of hydrogen-bond acceptors (Lipinski definition) is 12. The molecule has 1 saturated carbocycles. The number of nitriles is 1. The van der Waals surface area contributed by atoms with E-state index in [9.17, 15) is 10.4 Å². The van der Waals surface area contributed by atoms with E-state index in [0.29, 0.717) is 49.1 Å². The topological polar surface area (TPSA) is 133 Å². The minimum Gasteiger partial charge on any atom is -0.463 e. The number of aliphatic hydroxyl groups excluding tert-OH is 1. The van der Waals surface area contributed by atoms with E-state index < -0.39 is 17.7 Å². The number of nitrogens with zero attached hydrogens (tertiary/aromatic N) is 6. The third kappa shape index (κ3) is 8.23. The Labute approximate surface area is 345 Å². The van der Waals surface area contributed by atoms with E-state index in [1.165, 1.54) is 12.5 Å². The second-order valence-corrected chi connectivity index (χ2v) is 18.1. The van der Waals surface area contributed by atoms with Crippen molar-refractivity contribution in [3.8, 4) is 12.1 Å². The van der Waals surface area contributed by atoms with Gasteiger partial charge in [0.25, 0.3) is 0 Å². The van der Waals surface area contributed by atoms with Crippen molar-refractivity contribution in [2.24, 2.45) is 11.3 Å². The summed E-state index contributed by atoms with van der Waals surface area (Å²) >= 11 is 0.944. The number of allylic oxidation sites excluding steroid dienone is 1. The summed E-state index contributed by atoms with van der Waals surface area (Å²) in [6.45, 7) is 21.0. The molecule has 314 valence electrons. The number of anilines is 2. The third-order valence-electron chi connectivity index (χ3n) is 12.3. The highest BCUT2D eigenvalue weighted by molar-refractivity contribution is 7.17. The van der Waals surface area contributed by atoms with Crippen LogP contribution in [0.25, 0.3) is 22.3 Å². The molecule has 2 aromatic heterocycles. The number of halogens is 2. The molecule has 0 radical (unpaired) electrons. The number of likely N-dealkylation sites (tertiary alicyclic amines) is 1. The molecule has 11 nitrogen and oxygen atoms in total. The number of morpholine rings is 1. The highest BCUT2D eigenvalue weighted by atomic mass is 32.1. The lowest BCUT2D eigenvalue weighted by atomic mass is 9.85. The van der Waals surface area contributed by atoms with E-state index in [-0.39, 0.29) is 74.4 Å². The first-order valence-electron chi connectivity index (χ1n) is 21.0. The van der Waals surface area contributed by atoms with Crippen LogP contribution >= 0.6 is 11.3 Å². The molecule has 0 amide bonds. The van der Waals surface area contributed by atoms with Gasteiger partial charge in [-0.25, -0.2) is 8.78 Å². The first-order chi connectivity index (χ1) is 27.9. The number of β-amino-alcohol motifs (C(OH)–C–C–N with tert-alkyl or cyclic N) is 1. The Balaban J connectivity index is 0.00000166. The van der Waals surface area contributed by atoms with Crippen LogP contribution in [-0.4, -0.2) is 102 Å². The summed E-state index contributed by atoms with van der Waals surface area (Å²) in [6, 6.07) is 2.41. The van der Waals surface area contributed by atoms with Gasteiger partial charge in [0.1, 0.15) is 28.2 Å². The van der Waals surface area contributed by atoms with Crippen molar-refractivity contribution in [1.82, 2.24) is 19.8 Å². The van der Waals surface area contributed by atoms with Crippen LogP contribution in [0.3, 0.4) is 0 Å². The molecule has 8 rings (SSSR count). The summed E-state index contributed by atoms with van der Waals surface area (Å²) in [5.74, 6) is -0.0270. The molecule has 5 atom stereocenters. The number of ether oxygens (including phenoxy) is 3. The molecule has 3 saturated heterocycles. The summed E-state index contributed by atoms with van der Waals surface area (Å²) in [5, 5.41) is 21.1. The fourth-order valence-electron chi connectivity index (χ4n) is 9.96. The summed E-state index contributed by atoms with van der Waals surface area (Å²) in [5.41, 5.74) is 8.06. The number of aliphatic hydroxyl groups is 1. The van der Waals surface area contributed by atoms with E-state index in [0.717, 1.165) is 81.7 Å². The number of hydrogen-bond donors (Lipinski definition) is 2. The molecule has 1 aliphatic carbocycles. The first kappa shape index (κ1) is 42.4. The summed E-state index contributed by atoms with van der Waals surface area (Å²) in [6.07, 6.45) is 7.11. The monoisotopic (exact) mass is 819 g/mol. The minimum atomic E-state index is -0.643. The molecule has 4 fully saturated rings. The van der Waals surface area contributed by atoms with Crippen LogP contribution in [0, 0.1) is 28.5 Å². The quantitative estimate of drug-likeness (QED) is 0.198. The zero-order valence-electron chi connectivity index (χ0n) is 34.7. The van der Waals surface area contributed by atoms with Gasteiger partial charge in [-0.05, 0) is 68.6 Å². The number of piperazine rings is 1. The number of aromatic nitrogens is 2. The Hall–Kier alpha value is -3.71. The zero-order chi connectivity index (χ0) is 41.3. The Morgan fingerprint density at radius 3 is 2.43 bits per heavy atom. The molecule has 2 bridgehead atoms. The Bertz CT molecular complexity index is 2060. The van der Waals surface area contributed by atoms with Crippen LogP contribution in [0.15, 0.2) is 12.7 Å². The standard InChI is InChI=1S/C41H51F2N7O4S.C3H8/c1-5-31(42)37-33(28(15-44)38(45)55-37)25(4)32-29-19-53-20-30(29)34-36(35(32)43)46-40(47-39(34)50-26-6-7-27(50)18-49(17-26)16-24(3)51)54-22-41(9-8-23(2)14-41)21-48-10-12-52-13-11-48;1-3-2/h5,23-24,26-27,51H,4,6-14,16-22,45H2,1-3H3;3H2,1-2H3/b31-5+;. The number of benzene rings is 1. The largest absolute Gasteiger partial charge is 0.463 e. The maximum atomic E-state index is 17.7. The van der Waals surface area contributed by atoms with Gasteiger partial charge in [-0.15, -0.1) is 11.3 Å². The van der Waals surface area contributed by atoms with Crippen molar-refractivity contribution in [2.75, 3.05) is 69.7 Å². The lowest BCUT2D eigenvalue weighted by molar-refractivity contribution is 0.00433. The van der Waals surface area contributed by atoms with Crippen molar-refractivity contribution in [1.29, 1.82) is 5.26 Å². The molecule has 0 spiro atoms. The number of fused-ring (bicyclic) bond motifs is 5. The van der Waals surface area contributed by atoms with Gasteiger partial charge in [-0.1, -0.05) is 39.8 Å². The second-order valence-electron chi connectivity index (χ2n) is 17.1. The van der Waals surface area contributed by atoms with Crippen molar-refractivity contribution in [3.05, 3.63) is 51.2 Å². The second kappa shape index (κ2) is 17.9. The Morgan fingerprint density at radius 1 is 1.12 bits per heavy atom. The highest BCUT2D eigenvalue weighted by Gasteiger charge is 2.44. The fourth-order valence-corrected chi connectivity index (χ4v) is 11.0. The molecule has 3 N–H and O–H groups in total. The number of thiophene rings is 1. The lowest BCUT2D eigenvalue weighted by Gasteiger charge is -2.42. The van der Waals surface area contributed by atoms with E-state index >= 15 is 8.78 Å². The predicted octanol–water partition coefficient (Wildman–Crippen LogP) is 7.67. The molecule has 14 heteroatoms. The normalized spacial score (nSPS) is 25.4. The Morgan fingerprint density at radius 2 is 1.81 bits per heavy atom. The van der Waals surface area contributed by atoms with Crippen LogP contribution < -0.4 is 15.4 Å². The average molecular weight is 820 g/mol. The zero-order valence-corrected chi connectivity index (χ0v) is 35.5. The maximum absolute atomic E-state index is 17.7. The fraction of sp³-hybridized carbons (Fsp3) is 0.614. The number of nitrogen functional groups attached to an aromatic ring is 1. The van der Waals surface area contributed by atoms with Gasteiger partial charge in [0.15, 0.2) is 5.82 Å². The van der Waals surface area contributed by atoms with E-state index in [4.69, 9.17) is 29.9 Å². The molecule has 6 heterocycles. The van der Waals surface area contributed by atoms with Gasteiger partial charge in [0.2, 0.25) is 0 Å². The molecule has 4 aliphatic heterocycles. The van der Waals surface area contributed by atoms with Crippen LogP contribution in [0.2, 0.25) is 0 Å². The van der Waals surface area contributed by atoms with Crippen molar-refractivity contribution < 1.29 is 28.1 Å². The van der Waals surface area contributed by atoms with Crippen molar-refractivity contribution in [3.63, 3.8) is 0 Å². The first-order valence-corrected chi connectivity index (χ1v) is 21.8. The molecule has 1 aromatic carbocycles. The van der Waals surface area contributed by atoms with Crippen LogP contribution in [0.1, 0.15) is 106 Å². The smallest absolute Gasteiger partial charge is 0.319 e. The van der Waals surface area contributed by atoms with Crippen LogP contribution in [0.5, 0.6) is 6.01 Å². The average Bonchev–Trinajstić information content (AvgIpc) is 3.97. The van der Waals surface area contributed by atoms with Crippen molar-refractivity contribution >= 4 is 44.5 Å². The molecular weight excluding hydrogens is 761 g/mol. The van der Waals surface area contributed by atoms with Gasteiger partial charge in [0.05, 0.1) is 55.0 Å². The number of rotatable bonds is 11. The van der Waals surface area contributed by atoms with E-state index in [2.05, 4.69) is 48.1 Å². The third-order valence-corrected chi connectivity index (χ3v) is 13.3. The SMILES string of the molecule is C=C(c1c(/C(F)=C\C)sc(N)c1C#N)c1c2c(c3c(N4C5CCC4CN(CC(C)O)C5)nc(OCC4(CN5CCOCC5)CCC(C)C4)nc3c1F)COC2.CCC. The van der Waals surface area contributed by atoms with Gasteiger partial charge < -0.3 is 30.0 Å². The van der Waals surface area contributed by atoms with Crippen LogP contribution in [0.4, 0.5) is 19.6 Å². The van der Waals surface area contributed by atoms with Gasteiger partial charge in [-0.2, -0.15) is 15.2 Å². The predicted molar refractivity (Wildman–Crippen MR) is 226 cm³/mol. The van der Waals surface area contributed by atoms with Gasteiger partial charge >= 0.3 is 6.01 Å². The van der Waals surface area contributed by atoms with E-state index in [1.54, 1.807) is 6.92 Å². The molecule has 3 aromatic rings. The summed E-state index contributed by atoms with van der Waals surface area (Å²) in [7, 11) is 0. The molecule has 5 aliphatic rings. The minimum absolute atomic E-state index is 0.0598. The molecule has 58 heavy (non-hydrogen) atoms. The maximum Gasteiger partial charge on any atom is 0.319 e. The van der Waals surface area contributed by atoms with Gasteiger partial charge in [0, 0.05) is 67.9 Å². The van der Waals surface area contributed by atoms with Gasteiger partial charge in [-0.3, -0.25) is 9.80 Å². The van der Waals surface area contributed by atoms with Crippen molar-refractivity contribution in [2.45, 2.75) is 105 Å². The summed E-state index contributed by atoms with van der Waals surface area (Å²) in [4.78, 5) is 17.3. The summed E-state index contributed by atoms with van der Waals surface area (Å²) < 4.78 is 51.4.